The van der Waals surface area contributed by atoms with Crippen LogP contribution in [0.1, 0.15) is 45.4 Å². The van der Waals surface area contributed by atoms with Crippen LogP contribution in [0.5, 0.6) is 0 Å². The van der Waals surface area contributed by atoms with Crippen LogP contribution in [0.3, 0.4) is 0 Å². The Hall–Kier alpha value is -1.14. The van der Waals surface area contributed by atoms with Crippen molar-refractivity contribution in [2.75, 3.05) is 6.61 Å². The molecule has 0 bridgehead atoms. The Labute approximate surface area is 96.5 Å². The predicted octanol–water partition coefficient (Wildman–Crippen LogP) is 2.30. The van der Waals surface area contributed by atoms with Crippen LogP contribution in [-0.2, 0) is 14.3 Å². The zero-order valence-corrected chi connectivity index (χ0v) is 10.0. The fourth-order valence-corrected chi connectivity index (χ4v) is 0.948. The summed E-state index contributed by atoms with van der Waals surface area (Å²) in [5.41, 5.74) is 0. The molecule has 0 unspecified atom stereocenters. The molecule has 0 rings (SSSR count). The minimum Gasteiger partial charge on any atom is -0.481 e. The topological polar surface area (TPSA) is 134 Å². The average Bonchev–Trinajstić information content (AvgIpc) is 2.13. The molecule has 0 saturated heterocycles. The number of hydrogen-bond acceptors (Lipinski definition) is 5. The summed E-state index contributed by atoms with van der Waals surface area (Å²) in [6.07, 6.45) is 3.49. The van der Waals surface area contributed by atoms with Crippen molar-refractivity contribution in [2.45, 2.75) is 45.4 Å². The lowest BCUT2D eigenvalue weighted by Crippen LogP contribution is -2.05. The number of carbonyl (C=O) groups is 2. The van der Waals surface area contributed by atoms with E-state index in [2.05, 4.69) is 0 Å². The Kier molecular flexibility index (Phi) is 17.6. The van der Waals surface area contributed by atoms with Gasteiger partial charge in [0.25, 0.3) is 0 Å². The third kappa shape index (κ3) is 15.3. The molecule has 0 atom stereocenters. The standard InChI is InChI=1S/C10H18O4.2H3N/c1-2-3-8-14-10(13)7-5-4-6-9(11)12;;/h2-8H2,1H3,(H,11,12);2*1H3. The Morgan fingerprint density at radius 2 is 1.62 bits per heavy atom. The summed E-state index contributed by atoms with van der Waals surface area (Å²) in [5, 5.41) is 8.34. The number of hydrogen-bond donors (Lipinski definition) is 3. The lowest BCUT2D eigenvalue weighted by atomic mass is 10.2. The highest BCUT2D eigenvalue weighted by atomic mass is 16.5. The van der Waals surface area contributed by atoms with Gasteiger partial charge in [-0.1, -0.05) is 13.3 Å². The summed E-state index contributed by atoms with van der Waals surface area (Å²) < 4.78 is 4.90. The molecule has 0 spiro atoms. The summed E-state index contributed by atoms with van der Waals surface area (Å²) in [6.45, 7) is 2.51. The molecule has 0 radical (unpaired) electrons. The molecule has 0 aromatic heterocycles. The number of ether oxygens (including phenoxy) is 1. The molecule has 0 heterocycles. The molecular weight excluding hydrogens is 212 g/mol. The Morgan fingerprint density at radius 1 is 1.06 bits per heavy atom. The van der Waals surface area contributed by atoms with E-state index in [0.717, 1.165) is 12.8 Å². The first kappa shape index (κ1) is 20.3. The summed E-state index contributed by atoms with van der Waals surface area (Å²) in [7, 11) is 0. The van der Waals surface area contributed by atoms with Crippen molar-refractivity contribution in [2.24, 2.45) is 0 Å². The van der Waals surface area contributed by atoms with Crippen LogP contribution in [0.4, 0.5) is 0 Å². The van der Waals surface area contributed by atoms with Gasteiger partial charge >= 0.3 is 11.9 Å². The molecule has 0 aliphatic rings. The summed E-state index contributed by atoms with van der Waals surface area (Å²) in [6, 6.07) is 0. The van der Waals surface area contributed by atoms with Crippen LogP contribution in [0, 0.1) is 0 Å². The van der Waals surface area contributed by atoms with Crippen LogP contribution in [0.2, 0.25) is 0 Å². The van der Waals surface area contributed by atoms with Gasteiger partial charge in [-0.3, -0.25) is 9.59 Å². The SMILES string of the molecule is CCCCOC(=O)CCCCC(=O)O.N.N. The number of esters is 1. The molecular formula is C10H24N2O4. The lowest BCUT2D eigenvalue weighted by molar-refractivity contribution is -0.144. The minimum absolute atomic E-state index is 0. The highest BCUT2D eigenvalue weighted by Crippen LogP contribution is 2.01. The number of carboxylic acid groups (broad SMARTS) is 1. The third-order valence-corrected chi connectivity index (χ3v) is 1.78. The van der Waals surface area contributed by atoms with E-state index in [-0.39, 0.29) is 24.7 Å². The van der Waals surface area contributed by atoms with E-state index in [0.29, 0.717) is 25.9 Å². The largest absolute Gasteiger partial charge is 0.481 e. The van der Waals surface area contributed by atoms with Gasteiger partial charge in [-0.15, -0.1) is 0 Å². The second kappa shape index (κ2) is 13.9. The number of carbonyl (C=O) groups excluding carboxylic acids is 1. The second-order valence-electron chi connectivity index (χ2n) is 3.17. The van der Waals surface area contributed by atoms with Crippen molar-refractivity contribution in [3.8, 4) is 0 Å². The second-order valence-corrected chi connectivity index (χ2v) is 3.17. The average molecular weight is 236 g/mol. The van der Waals surface area contributed by atoms with Gasteiger partial charge in [-0.2, -0.15) is 0 Å². The molecule has 0 fully saturated rings. The van der Waals surface area contributed by atoms with Gasteiger partial charge in [-0.05, 0) is 19.3 Å². The van der Waals surface area contributed by atoms with E-state index in [1.54, 1.807) is 0 Å². The van der Waals surface area contributed by atoms with E-state index in [9.17, 15) is 9.59 Å². The van der Waals surface area contributed by atoms with Gasteiger partial charge in [0.2, 0.25) is 0 Å². The first-order chi connectivity index (χ1) is 6.66. The molecule has 98 valence electrons. The zero-order chi connectivity index (χ0) is 10.8. The van der Waals surface area contributed by atoms with Gasteiger partial charge in [0.1, 0.15) is 0 Å². The fraction of sp³-hybridized carbons (Fsp3) is 0.800. The van der Waals surface area contributed by atoms with Gasteiger partial charge in [-0.25, -0.2) is 0 Å². The Morgan fingerprint density at radius 3 is 2.12 bits per heavy atom. The van der Waals surface area contributed by atoms with Gasteiger partial charge in [0.15, 0.2) is 0 Å². The van der Waals surface area contributed by atoms with Crippen molar-refractivity contribution < 1.29 is 19.4 Å². The summed E-state index contributed by atoms with van der Waals surface area (Å²) in [5.74, 6) is -1.03. The van der Waals surface area contributed by atoms with Crippen LogP contribution < -0.4 is 12.3 Å². The van der Waals surface area contributed by atoms with Crippen LogP contribution >= 0.6 is 0 Å². The molecule has 16 heavy (non-hydrogen) atoms. The van der Waals surface area contributed by atoms with E-state index in [1.807, 2.05) is 6.92 Å². The Balaban J connectivity index is -0.000000845. The predicted molar refractivity (Wildman–Crippen MR) is 62.0 cm³/mol. The fourth-order valence-electron chi connectivity index (χ4n) is 0.948. The van der Waals surface area contributed by atoms with E-state index >= 15 is 0 Å². The molecule has 6 heteroatoms. The monoisotopic (exact) mass is 236 g/mol. The van der Waals surface area contributed by atoms with Crippen LogP contribution in [-0.4, -0.2) is 23.7 Å². The van der Waals surface area contributed by atoms with E-state index < -0.39 is 5.97 Å². The summed E-state index contributed by atoms with van der Waals surface area (Å²) >= 11 is 0. The molecule has 0 aliphatic heterocycles. The first-order valence-electron chi connectivity index (χ1n) is 5.04. The normalized spacial score (nSPS) is 8.56. The van der Waals surface area contributed by atoms with Crippen molar-refractivity contribution in [3.63, 3.8) is 0 Å². The van der Waals surface area contributed by atoms with Crippen molar-refractivity contribution >= 4 is 11.9 Å². The maximum Gasteiger partial charge on any atom is 0.305 e. The van der Waals surface area contributed by atoms with Crippen LogP contribution in [0.25, 0.3) is 0 Å². The first-order valence-corrected chi connectivity index (χ1v) is 5.04. The zero-order valence-electron chi connectivity index (χ0n) is 10.0. The van der Waals surface area contributed by atoms with Crippen molar-refractivity contribution in [1.82, 2.24) is 12.3 Å². The molecule has 0 aromatic rings. The highest BCUT2D eigenvalue weighted by molar-refractivity contribution is 5.69. The van der Waals surface area contributed by atoms with E-state index in [1.165, 1.54) is 0 Å². The molecule has 0 aromatic carbocycles. The van der Waals surface area contributed by atoms with Gasteiger partial charge in [0.05, 0.1) is 6.61 Å². The number of carboxylic acids is 1. The third-order valence-electron chi connectivity index (χ3n) is 1.78. The molecule has 0 amide bonds. The van der Waals surface area contributed by atoms with Crippen molar-refractivity contribution in [1.29, 1.82) is 0 Å². The summed E-state index contributed by atoms with van der Waals surface area (Å²) in [4.78, 5) is 21.1. The van der Waals surface area contributed by atoms with E-state index in [4.69, 9.17) is 9.84 Å². The number of unbranched alkanes of at least 4 members (excludes halogenated alkanes) is 2. The smallest absolute Gasteiger partial charge is 0.305 e. The molecule has 7 N–H and O–H groups in total. The maximum atomic E-state index is 11.0. The molecule has 0 saturated carbocycles. The minimum atomic E-state index is -0.815. The number of rotatable bonds is 8. The van der Waals surface area contributed by atoms with Gasteiger partial charge in [0, 0.05) is 12.8 Å². The quantitative estimate of drug-likeness (QED) is 0.437. The molecule has 6 nitrogen and oxygen atoms in total. The maximum absolute atomic E-state index is 11.0. The molecule has 0 aliphatic carbocycles. The van der Waals surface area contributed by atoms with Crippen LogP contribution in [0.15, 0.2) is 0 Å². The highest BCUT2D eigenvalue weighted by Gasteiger charge is 2.03. The van der Waals surface area contributed by atoms with Gasteiger partial charge < -0.3 is 22.1 Å². The number of aliphatic carboxylic acids is 1. The lowest BCUT2D eigenvalue weighted by Gasteiger charge is -2.02. The van der Waals surface area contributed by atoms with Crippen molar-refractivity contribution in [3.05, 3.63) is 0 Å². The Bertz CT molecular complexity index is 186.